The van der Waals surface area contributed by atoms with E-state index in [-0.39, 0.29) is 30.5 Å². The highest BCUT2D eigenvalue weighted by Gasteiger charge is 2.45. The molecule has 0 spiro atoms. The normalized spacial score (nSPS) is 15.9. The maximum atomic E-state index is 15.0. The molecule has 2 unspecified atom stereocenters. The van der Waals surface area contributed by atoms with Gasteiger partial charge in [0, 0.05) is 23.9 Å². The van der Waals surface area contributed by atoms with Gasteiger partial charge in [-0.15, -0.1) is 11.8 Å². The molecule has 1 fully saturated rings. The minimum absolute atomic E-state index is 0.00523. The number of hydrogen-bond acceptors (Lipinski definition) is 5. The van der Waals surface area contributed by atoms with Gasteiger partial charge in [0.15, 0.2) is 0 Å². The standard InChI is InChI=1S/C44H44F2N2O4S/c1-43(2,3)52-42(50)48-30-39(53-44(34-18-10-5-11-19-34,35-20-12-6-13-21-35)36-22-14-7-15-23-36)27-38(48)29-47(28-33-26-37(45)24-25-40(33)46)41(49)51-31-32-16-8-4-9-17-32/h4-26,38-39H,27-31H2,1-3H3. The Balaban J connectivity index is 1.37. The molecule has 0 radical (unpaired) electrons. The van der Waals surface area contributed by atoms with Crippen LogP contribution in [0.5, 0.6) is 0 Å². The lowest BCUT2D eigenvalue weighted by atomic mass is 9.84. The van der Waals surface area contributed by atoms with E-state index in [0.29, 0.717) is 13.0 Å². The van der Waals surface area contributed by atoms with Crippen molar-refractivity contribution in [1.29, 1.82) is 0 Å². The average molecular weight is 735 g/mol. The van der Waals surface area contributed by atoms with E-state index >= 15 is 4.39 Å². The van der Waals surface area contributed by atoms with Crippen LogP contribution in [0.25, 0.3) is 0 Å². The predicted molar refractivity (Wildman–Crippen MR) is 205 cm³/mol. The van der Waals surface area contributed by atoms with E-state index < -0.39 is 40.2 Å². The molecule has 0 saturated carbocycles. The van der Waals surface area contributed by atoms with E-state index in [2.05, 4.69) is 36.4 Å². The van der Waals surface area contributed by atoms with Crippen LogP contribution in [-0.2, 0) is 27.4 Å². The zero-order valence-corrected chi connectivity index (χ0v) is 31.0. The van der Waals surface area contributed by atoms with Gasteiger partial charge in [-0.3, -0.25) is 0 Å². The number of likely N-dealkylation sites (tertiary alicyclic amines) is 1. The van der Waals surface area contributed by atoms with Gasteiger partial charge in [-0.1, -0.05) is 121 Å². The molecule has 1 aliphatic rings. The molecule has 0 aliphatic carbocycles. The van der Waals surface area contributed by atoms with Gasteiger partial charge in [0.1, 0.15) is 23.8 Å². The third-order valence-corrected chi connectivity index (χ3v) is 10.9. The Hall–Kier alpha value is -5.15. The molecule has 6 rings (SSSR count). The van der Waals surface area contributed by atoms with Gasteiger partial charge >= 0.3 is 12.2 Å². The summed E-state index contributed by atoms with van der Waals surface area (Å²) in [6.07, 6.45) is -0.721. The van der Waals surface area contributed by atoms with Gasteiger partial charge in [-0.25, -0.2) is 18.4 Å². The molecule has 53 heavy (non-hydrogen) atoms. The molecular formula is C44H44F2N2O4S. The van der Waals surface area contributed by atoms with E-state index in [1.807, 2.05) is 106 Å². The summed E-state index contributed by atoms with van der Waals surface area (Å²) in [5.41, 5.74) is 3.27. The zero-order valence-electron chi connectivity index (χ0n) is 30.2. The lowest BCUT2D eigenvalue weighted by Gasteiger charge is -2.37. The molecule has 0 aromatic heterocycles. The first-order valence-corrected chi connectivity index (χ1v) is 18.6. The third-order valence-electron chi connectivity index (χ3n) is 9.15. The van der Waals surface area contributed by atoms with Crippen LogP contribution in [0.2, 0.25) is 0 Å². The number of halogens is 2. The van der Waals surface area contributed by atoms with Crippen molar-refractivity contribution in [3.63, 3.8) is 0 Å². The molecule has 1 heterocycles. The highest BCUT2D eigenvalue weighted by Crippen LogP contribution is 2.52. The summed E-state index contributed by atoms with van der Waals surface area (Å²) in [6, 6.07) is 42.8. The van der Waals surface area contributed by atoms with Crippen LogP contribution < -0.4 is 0 Å². The van der Waals surface area contributed by atoms with Crippen molar-refractivity contribution in [2.45, 2.75) is 62.0 Å². The lowest BCUT2D eigenvalue weighted by Crippen LogP contribution is -2.46. The zero-order chi connectivity index (χ0) is 37.4. The van der Waals surface area contributed by atoms with Gasteiger partial charge in [-0.2, -0.15) is 0 Å². The van der Waals surface area contributed by atoms with E-state index in [1.165, 1.54) is 4.90 Å². The van der Waals surface area contributed by atoms with Crippen molar-refractivity contribution >= 4 is 23.9 Å². The minimum atomic E-state index is -0.770. The van der Waals surface area contributed by atoms with Crippen LogP contribution in [0, 0.1) is 11.6 Å². The number of rotatable bonds is 11. The summed E-state index contributed by atoms with van der Waals surface area (Å²) in [7, 11) is 0. The van der Waals surface area contributed by atoms with Gasteiger partial charge in [-0.05, 0) is 67.6 Å². The highest BCUT2D eigenvalue weighted by molar-refractivity contribution is 8.01. The summed E-state index contributed by atoms with van der Waals surface area (Å²) >= 11 is 1.76. The largest absolute Gasteiger partial charge is 0.445 e. The summed E-state index contributed by atoms with van der Waals surface area (Å²) in [4.78, 5) is 30.8. The fourth-order valence-electron chi connectivity index (χ4n) is 6.79. The summed E-state index contributed by atoms with van der Waals surface area (Å²) < 4.78 is 40.4. The van der Waals surface area contributed by atoms with Gasteiger partial charge in [0.05, 0.1) is 17.3 Å². The van der Waals surface area contributed by atoms with Crippen LogP contribution >= 0.6 is 11.8 Å². The number of ether oxygens (including phenoxy) is 2. The summed E-state index contributed by atoms with van der Waals surface area (Å²) in [5.74, 6) is -1.26. The number of thioether (sulfide) groups is 1. The van der Waals surface area contributed by atoms with Crippen LogP contribution in [0.1, 0.15) is 55.0 Å². The number of amides is 2. The lowest BCUT2D eigenvalue weighted by molar-refractivity contribution is 0.0182. The molecular weight excluding hydrogens is 691 g/mol. The fourth-order valence-corrected chi connectivity index (χ4v) is 8.66. The minimum Gasteiger partial charge on any atom is -0.445 e. The molecule has 5 aromatic carbocycles. The van der Waals surface area contributed by atoms with Crippen molar-refractivity contribution in [1.82, 2.24) is 9.80 Å². The average Bonchev–Trinajstić information content (AvgIpc) is 3.57. The van der Waals surface area contributed by atoms with Crippen molar-refractivity contribution in [3.8, 4) is 0 Å². The Labute approximate surface area is 314 Å². The Morgan fingerprint density at radius 1 is 0.774 bits per heavy atom. The van der Waals surface area contributed by atoms with E-state index in [1.54, 1.807) is 16.7 Å². The monoisotopic (exact) mass is 734 g/mol. The Kier molecular flexibility index (Phi) is 11.8. The molecule has 1 aliphatic heterocycles. The first-order valence-electron chi connectivity index (χ1n) is 17.8. The van der Waals surface area contributed by atoms with Crippen LogP contribution in [0.3, 0.4) is 0 Å². The molecule has 2 amide bonds. The first-order chi connectivity index (χ1) is 25.5. The van der Waals surface area contributed by atoms with E-state index in [0.717, 1.165) is 40.5 Å². The molecule has 1 saturated heterocycles. The van der Waals surface area contributed by atoms with Crippen LogP contribution in [0.4, 0.5) is 18.4 Å². The number of benzene rings is 5. The van der Waals surface area contributed by atoms with Crippen molar-refractivity contribution in [2.24, 2.45) is 0 Å². The van der Waals surface area contributed by atoms with E-state index in [9.17, 15) is 14.0 Å². The summed E-state index contributed by atoms with van der Waals surface area (Å²) in [5, 5.41) is -0.124. The van der Waals surface area contributed by atoms with Crippen LogP contribution in [0.15, 0.2) is 140 Å². The maximum Gasteiger partial charge on any atom is 0.410 e. The van der Waals surface area contributed by atoms with Crippen molar-refractivity contribution in [3.05, 3.63) is 179 Å². The SMILES string of the molecule is CC(C)(C)OC(=O)N1CC(SC(c2ccccc2)(c2ccccc2)c2ccccc2)CC1CN(Cc1cc(F)ccc1F)C(=O)OCc1ccccc1. The molecule has 5 aromatic rings. The second-order valence-electron chi connectivity index (χ2n) is 14.2. The second-order valence-corrected chi connectivity index (χ2v) is 15.7. The molecule has 0 N–H and O–H groups in total. The summed E-state index contributed by atoms with van der Waals surface area (Å²) in [6.45, 7) is 5.52. The quantitative estimate of drug-likeness (QED) is 0.127. The molecule has 9 heteroatoms. The number of carbonyl (C=O) groups is 2. The Morgan fingerprint density at radius 3 is 1.83 bits per heavy atom. The Bertz CT molecular complexity index is 1860. The second kappa shape index (κ2) is 16.7. The molecule has 6 nitrogen and oxygen atoms in total. The molecule has 0 bridgehead atoms. The van der Waals surface area contributed by atoms with Gasteiger partial charge in [0.2, 0.25) is 0 Å². The smallest absolute Gasteiger partial charge is 0.410 e. The van der Waals surface area contributed by atoms with Gasteiger partial charge in [0.25, 0.3) is 0 Å². The third kappa shape index (κ3) is 9.27. The predicted octanol–water partition coefficient (Wildman–Crippen LogP) is 10.2. The number of nitrogens with zero attached hydrogens (tertiary/aromatic N) is 2. The van der Waals surface area contributed by atoms with Crippen LogP contribution in [-0.4, -0.2) is 52.0 Å². The Morgan fingerprint density at radius 2 is 1.30 bits per heavy atom. The van der Waals surface area contributed by atoms with E-state index in [4.69, 9.17) is 9.47 Å². The highest BCUT2D eigenvalue weighted by atomic mass is 32.2. The van der Waals surface area contributed by atoms with Crippen molar-refractivity contribution in [2.75, 3.05) is 13.1 Å². The fraction of sp³-hybridized carbons (Fsp3) is 0.273. The topological polar surface area (TPSA) is 59.1 Å². The van der Waals surface area contributed by atoms with Crippen molar-refractivity contribution < 1.29 is 27.8 Å². The number of carbonyl (C=O) groups excluding carboxylic acids is 2. The first kappa shape index (κ1) is 37.6. The van der Waals surface area contributed by atoms with Gasteiger partial charge < -0.3 is 19.3 Å². The number of hydrogen-bond donors (Lipinski definition) is 0. The molecule has 274 valence electrons. The molecule has 2 atom stereocenters. The maximum absolute atomic E-state index is 15.0.